The summed E-state index contributed by atoms with van der Waals surface area (Å²) in [6, 6.07) is 52.2. The van der Waals surface area contributed by atoms with Gasteiger partial charge < -0.3 is 4.90 Å². The molecule has 0 saturated heterocycles. The fourth-order valence-electron chi connectivity index (χ4n) is 6.69. The lowest BCUT2D eigenvalue weighted by atomic mass is 9.35. The first-order valence-corrected chi connectivity index (χ1v) is 15.1. The summed E-state index contributed by atoms with van der Waals surface area (Å²) in [6.07, 6.45) is 0. The van der Waals surface area contributed by atoms with E-state index in [1.54, 1.807) is 0 Å². The highest BCUT2D eigenvalue weighted by Crippen LogP contribution is 2.40. The Kier molecular flexibility index (Phi) is 5.22. The summed E-state index contributed by atoms with van der Waals surface area (Å²) >= 11 is 1.88. The molecule has 9 rings (SSSR count). The Morgan fingerprint density at radius 3 is 2.00 bits per heavy atom. The zero-order valence-electron chi connectivity index (χ0n) is 22.7. The molecule has 0 spiro atoms. The van der Waals surface area contributed by atoms with Gasteiger partial charge in [0.1, 0.15) is 5.82 Å². The van der Waals surface area contributed by atoms with Gasteiger partial charge in [-0.05, 0) is 65.5 Å². The number of fused-ring (bicyclic) bond motifs is 4. The molecule has 0 saturated carbocycles. The maximum Gasteiger partial charge on any atom is 0.249 e. The molecule has 0 bridgehead atoms. The van der Waals surface area contributed by atoms with Crippen molar-refractivity contribution in [2.24, 2.45) is 0 Å². The summed E-state index contributed by atoms with van der Waals surface area (Å²) in [5.74, 6) is 0.998. The van der Waals surface area contributed by atoms with Crippen molar-refractivity contribution in [3.63, 3.8) is 0 Å². The fourth-order valence-corrected chi connectivity index (χ4v) is 7.89. The number of hydrogen-bond acceptors (Lipinski definition) is 3. The zero-order chi connectivity index (χ0) is 27.6. The molecular formula is C37H24BN3S. The van der Waals surface area contributed by atoms with Crippen LogP contribution < -0.4 is 21.3 Å². The summed E-state index contributed by atoms with van der Waals surface area (Å²) in [6.45, 7) is 0.153. The molecule has 3 nitrogen and oxygen atoms in total. The Balaban J connectivity index is 1.26. The van der Waals surface area contributed by atoms with Crippen molar-refractivity contribution >= 4 is 63.0 Å². The summed E-state index contributed by atoms with van der Waals surface area (Å²) in [4.78, 5) is 10.1. The first kappa shape index (κ1) is 23.7. The van der Waals surface area contributed by atoms with Crippen molar-refractivity contribution in [2.45, 2.75) is 9.79 Å². The lowest BCUT2D eigenvalue weighted by Gasteiger charge is -2.34. The topological polar surface area (TPSA) is 21.1 Å². The lowest BCUT2D eigenvalue weighted by Crippen LogP contribution is -2.58. The van der Waals surface area contributed by atoms with Crippen LogP contribution >= 0.6 is 11.8 Å². The van der Waals surface area contributed by atoms with Crippen LogP contribution in [0.1, 0.15) is 0 Å². The lowest BCUT2D eigenvalue weighted by molar-refractivity contribution is 1.10. The van der Waals surface area contributed by atoms with Crippen molar-refractivity contribution in [2.75, 3.05) is 4.90 Å². The number of rotatable bonds is 4. The molecule has 42 heavy (non-hydrogen) atoms. The van der Waals surface area contributed by atoms with E-state index in [0.29, 0.717) is 0 Å². The minimum absolute atomic E-state index is 0.153. The van der Waals surface area contributed by atoms with Gasteiger partial charge in [0.25, 0.3) is 0 Å². The molecule has 0 radical (unpaired) electrons. The molecule has 7 aromatic rings. The second kappa shape index (κ2) is 9.27. The smallest absolute Gasteiger partial charge is 0.249 e. The van der Waals surface area contributed by atoms with Gasteiger partial charge in [0.05, 0.1) is 11.0 Å². The third-order valence-electron chi connectivity index (χ3n) is 8.44. The summed E-state index contributed by atoms with van der Waals surface area (Å²) in [7, 11) is 0. The molecule has 0 N–H and O–H groups in total. The summed E-state index contributed by atoms with van der Waals surface area (Å²) < 4.78 is 2.39. The molecule has 0 aliphatic carbocycles. The van der Waals surface area contributed by atoms with Gasteiger partial charge in [0.2, 0.25) is 6.71 Å². The number of nitrogens with zero attached hydrogens (tertiary/aromatic N) is 3. The van der Waals surface area contributed by atoms with Gasteiger partial charge in [-0.2, -0.15) is 0 Å². The number of imidazole rings is 1. The van der Waals surface area contributed by atoms with Gasteiger partial charge in [-0.25, -0.2) is 4.98 Å². The zero-order valence-corrected chi connectivity index (χ0v) is 23.5. The molecule has 196 valence electrons. The van der Waals surface area contributed by atoms with Crippen molar-refractivity contribution in [1.29, 1.82) is 0 Å². The Hall–Kier alpha value is -5.00. The van der Waals surface area contributed by atoms with E-state index < -0.39 is 0 Å². The van der Waals surface area contributed by atoms with E-state index in [-0.39, 0.29) is 6.71 Å². The van der Waals surface area contributed by atoms with E-state index in [0.717, 1.165) is 34.0 Å². The van der Waals surface area contributed by atoms with Crippen molar-refractivity contribution in [3.05, 3.63) is 146 Å². The molecule has 0 atom stereocenters. The van der Waals surface area contributed by atoms with Gasteiger partial charge >= 0.3 is 0 Å². The van der Waals surface area contributed by atoms with Crippen LogP contribution in [0.2, 0.25) is 0 Å². The average Bonchev–Trinajstić information content (AvgIpc) is 3.45. The van der Waals surface area contributed by atoms with E-state index in [1.807, 2.05) is 11.8 Å². The van der Waals surface area contributed by atoms with E-state index in [4.69, 9.17) is 4.98 Å². The first-order chi connectivity index (χ1) is 20.8. The molecule has 3 heterocycles. The standard InChI is InChI=1S/C37H24BN3S/c1-4-12-25(13-5-1)37-39-31-19-10-18-30-36(31)41(37)32-20-11-21-33-35(32)38(30)29-23-22-28(24-34(29)42-33)40(26-14-6-2-7-15-26)27-16-8-3-9-17-27/h1-24H. The van der Waals surface area contributed by atoms with Gasteiger partial charge in [-0.3, -0.25) is 4.57 Å². The predicted molar refractivity (Wildman–Crippen MR) is 176 cm³/mol. The predicted octanol–water partition coefficient (Wildman–Crippen LogP) is 7.46. The van der Waals surface area contributed by atoms with E-state index in [2.05, 4.69) is 155 Å². The third-order valence-corrected chi connectivity index (χ3v) is 9.59. The quantitative estimate of drug-likeness (QED) is 0.211. The SMILES string of the molecule is c1ccc(-c2nc3cccc4c3n2-c2cccc3c2B4c2ccc(N(c4ccccc4)c4ccccc4)cc2S3)cc1. The van der Waals surface area contributed by atoms with Crippen LogP contribution in [0.3, 0.4) is 0 Å². The van der Waals surface area contributed by atoms with E-state index >= 15 is 0 Å². The van der Waals surface area contributed by atoms with Crippen LogP contribution in [0.5, 0.6) is 0 Å². The highest BCUT2D eigenvalue weighted by atomic mass is 32.2. The summed E-state index contributed by atoms with van der Waals surface area (Å²) in [5, 5.41) is 0. The van der Waals surface area contributed by atoms with Crippen LogP contribution in [0, 0.1) is 0 Å². The molecule has 1 aromatic heterocycles. The Morgan fingerprint density at radius 2 is 1.26 bits per heavy atom. The second-order valence-corrected chi connectivity index (χ2v) is 11.9. The van der Waals surface area contributed by atoms with Crippen LogP contribution in [0.15, 0.2) is 155 Å². The molecule has 0 unspecified atom stereocenters. The molecule has 2 aliphatic heterocycles. The van der Waals surface area contributed by atoms with E-state index in [9.17, 15) is 0 Å². The molecule has 6 aromatic carbocycles. The minimum Gasteiger partial charge on any atom is -0.310 e. The molecule has 0 fully saturated rings. The van der Waals surface area contributed by atoms with Gasteiger partial charge in [0.15, 0.2) is 0 Å². The van der Waals surface area contributed by atoms with Crippen LogP contribution in [0.4, 0.5) is 17.1 Å². The summed E-state index contributed by atoms with van der Waals surface area (Å²) in [5.41, 5.74) is 12.1. The van der Waals surface area contributed by atoms with Gasteiger partial charge in [0, 0.05) is 38.1 Å². The van der Waals surface area contributed by atoms with Gasteiger partial charge in [-0.15, -0.1) is 0 Å². The second-order valence-electron chi connectivity index (χ2n) is 10.8. The fraction of sp³-hybridized carbons (Fsp3) is 0. The largest absolute Gasteiger partial charge is 0.310 e. The van der Waals surface area contributed by atoms with Crippen molar-refractivity contribution in [3.8, 4) is 17.1 Å². The van der Waals surface area contributed by atoms with Gasteiger partial charge in [-0.1, -0.05) is 108 Å². The average molecular weight is 553 g/mol. The number of para-hydroxylation sites is 3. The van der Waals surface area contributed by atoms with Crippen molar-refractivity contribution < 1.29 is 0 Å². The molecular weight excluding hydrogens is 529 g/mol. The Bertz CT molecular complexity index is 2080. The molecule has 2 aliphatic rings. The molecule has 0 amide bonds. The number of hydrogen-bond donors (Lipinski definition) is 0. The first-order valence-electron chi connectivity index (χ1n) is 14.3. The van der Waals surface area contributed by atoms with Crippen LogP contribution in [-0.2, 0) is 0 Å². The highest BCUT2D eigenvalue weighted by molar-refractivity contribution is 8.00. The number of benzene rings is 6. The molecule has 5 heteroatoms. The Morgan fingerprint density at radius 1 is 0.571 bits per heavy atom. The third kappa shape index (κ3) is 3.47. The maximum atomic E-state index is 5.18. The Labute approximate surface area is 249 Å². The van der Waals surface area contributed by atoms with Crippen LogP contribution in [-0.4, -0.2) is 16.3 Å². The number of anilines is 3. The maximum absolute atomic E-state index is 5.18. The number of aromatic nitrogens is 2. The van der Waals surface area contributed by atoms with E-state index in [1.165, 1.54) is 37.4 Å². The van der Waals surface area contributed by atoms with Crippen LogP contribution in [0.25, 0.3) is 28.1 Å². The highest BCUT2D eigenvalue weighted by Gasteiger charge is 2.39. The minimum atomic E-state index is 0.153. The van der Waals surface area contributed by atoms with Crippen molar-refractivity contribution in [1.82, 2.24) is 9.55 Å². The monoisotopic (exact) mass is 553 g/mol. The normalized spacial score (nSPS) is 12.6.